The van der Waals surface area contributed by atoms with Crippen molar-refractivity contribution in [1.82, 2.24) is 0 Å². The number of aliphatic carboxylic acids is 1. The van der Waals surface area contributed by atoms with E-state index >= 15 is 0 Å². The third-order valence-corrected chi connectivity index (χ3v) is 4.91. The zero-order chi connectivity index (χ0) is 15.0. The molecule has 0 heterocycles. The van der Waals surface area contributed by atoms with Crippen molar-refractivity contribution < 1.29 is 26.7 Å². The quantitative estimate of drug-likeness (QED) is 0.877. The molecule has 0 fully saturated rings. The average Bonchev–Trinajstić information content (AvgIpc) is 2.24. The molecule has 19 heavy (non-hydrogen) atoms. The van der Waals surface area contributed by atoms with Crippen LogP contribution in [0.1, 0.15) is 18.4 Å². The molecule has 1 rings (SSSR count). The van der Waals surface area contributed by atoms with E-state index < -0.39 is 31.6 Å². The SMILES string of the molecule is CC(C(=O)O)c1ccc(S(C)(=O)=O)cc1S(C)(=O)=O. The lowest BCUT2D eigenvalue weighted by Gasteiger charge is -2.13. The van der Waals surface area contributed by atoms with Gasteiger partial charge in [-0.05, 0) is 24.6 Å². The molecule has 0 saturated heterocycles. The molecule has 0 aromatic heterocycles. The van der Waals surface area contributed by atoms with Gasteiger partial charge in [-0.25, -0.2) is 16.8 Å². The van der Waals surface area contributed by atoms with Crippen LogP contribution < -0.4 is 0 Å². The minimum atomic E-state index is -3.72. The third-order valence-electron chi connectivity index (χ3n) is 2.65. The maximum absolute atomic E-state index is 11.7. The summed E-state index contributed by atoms with van der Waals surface area (Å²) in [5.41, 5.74) is 0.0717. The Kier molecular flexibility index (Phi) is 4.06. The Labute approximate surface area is 111 Å². The standard InChI is InChI=1S/C11H14O6S2/c1-7(11(12)13)9-5-4-8(18(2,14)15)6-10(9)19(3,16)17/h4-7H,1-3H3,(H,12,13). The Bertz CT molecular complexity index is 716. The summed E-state index contributed by atoms with van der Waals surface area (Å²) in [7, 11) is -7.28. The summed E-state index contributed by atoms with van der Waals surface area (Å²) >= 11 is 0. The monoisotopic (exact) mass is 306 g/mol. The molecule has 0 radical (unpaired) electrons. The van der Waals surface area contributed by atoms with E-state index in [0.29, 0.717) is 0 Å². The molecule has 1 aromatic rings. The van der Waals surface area contributed by atoms with Crippen LogP contribution in [0, 0.1) is 0 Å². The summed E-state index contributed by atoms with van der Waals surface area (Å²) < 4.78 is 46.2. The molecule has 8 heteroatoms. The molecule has 0 aliphatic carbocycles. The molecular formula is C11H14O6S2. The van der Waals surface area contributed by atoms with Crippen LogP contribution in [-0.2, 0) is 24.5 Å². The molecule has 1 N–H and O–H groups in total. The largest absolute Gasteiger partial charge is 0.481 e. The van der Waals surface area contributed by atoms with Crippen LogP contribution in [0.2, 0.25) is 0 Å². The topological polar surface area (TPSA) is 106 Å². The van der Waals surface area contributed by atoms with Crippen LogP contribution in [0.3, 0.4) is 0 Å². The lowest BCUT2D eigenvalue weighted by Crippen LogP contribution is -2.13. The van der Waals surface area contributed by atoms with E-state index in [0.717, 1.165) is 18.6 Å². The van der Waals surface area contributed by atoms with Crippen LogP contribution in [-0.4, -0.2) is 40.4 Å². The zero-order valence-electron chi connectivity index (χ0n) is 10.6. The number of carboxylic acid groups (broad SMARTS) is 1. The van der Waals surface area contributed by atoms with Crippen molar-refractivity contribution in [3.05, 3.63) is 23.8 Å². The molecule has 1 unspecified atom stereocenters. The van der Waals surface area contributed by atoms with Gasteiger partial charge in [-0.3, -0.25) is 4.79 Å². The second-order valence-corrected chi connectivity index (χ2v) is 8.30. The molecule has 1 atom stereocenters. The first kappa shape index (κ1) is 15.6. The maximum Gasteiger partial charge on any atom is 0.310 e. The van der Waals surface area contributed by atoms with Crippen molar-refractivity contribution in [2.24, 2.45) is 0 Å². The molecule has 6 nitrogen and oxygen atoms in total. The second kappa shape index (κ2) is 4.93. The average molecular weight is 306 g/mol. The molecule has 1 aromatic carbocycles. The Hall–Kier alpha value is -1.41. The van der Waals surface area contributed by atoms with Gasteiger partial charge in [0.05, 0.1) is 15.7 Å². The molecular weight excluding hydrogens is 292 g/mol. The van der Waals surface area contributed by atoms with Crippen LogP contribution >= 0.6 is 0 Å². The summed E-state index contributed by atoms with van der Waals surface area (Å²) in [4.78, 5) is 10.5. The van der Waals surface area contributed by atoms with Crippen molar-refractivity contribution in [2.45, 2.75) is 22.6 Å². The van der Waals surface area contributed by atoms with Crippen molar-refractivity contribution in [3.8, 4) is 0 Å². The van der Waals surface area contributed by atoms with E-state index in [9.17, 15) is 21.6 Å². The van der Waals surface area contributed by atoms with Gasteiger partial charge in [0.15, 0.2) is 19.7 Å². The van der Waals surface area contributed by atoms with E-state index in [4.69, 9.17) is 5.11 Å². The highest BCUT2D eigenvalue weighted by Gasteiger charge is 2.24. The fourth-order valence-electron chi connectivity index (χ4n) is 1.56. The van der Waals surface area contributed by atoms with E-state index in [-0.39, 0.29) is 15.4 Å². The number of hydrogen-bond acceptors (Lipinski definition) is 5. The van der Waals surface area contributed by atoms with E-state index in [1.54, 1.807) is 0 Å². The molecule has 0 aliphatic heterocycles. The van der Waals surface area contributed by atoms with Gasteiger partial charge in [0.1, 0.15) is 0 Å². The minimum Gasteiger partial charge on any atom is -0.481 e. The van der Waals surface area contributed by atoms with Gasteiger partial charge in [-0.1, -0.05) is 6.07 Å². The normalized spacial score (nSPS) is 14.1. The number of hydrogen-bond donors (Lipinski definition) is 1. The first-order valence-electron chi connectivity index (χ1n) is 5.21. The van der Waals surface area contributed by atoms with Crippen molar-refractivity contribution in [2.75, 3.05) is 12.5 Å². The van der Waals surface area contributed by atoms with E-state index in [1.165, 1.54) is 19.1 Å². The fourth-order valence-corrected chi connectivity index (χ4v) is 3.29. The Morgan fingerprint density at radius 3 is 2.00 bits per heavy atom. The minimum absolute atomic E-state index is 0.0717. The molecule has 0 amide bonds. The highest BCUT2D eigenvalue weighted by atomic mass is 32.2. The molecule has 0 aliphatic rings. The van der Waals surface area contributed by atoms with Gasteiger partial charge in [0.2, 0.25) is 0 Å². The summed E-state index contributed by atoms with van der Waals surface area (Å²) in [5.74, 6) is -2.23. The van der Waals surface area contributed by atoms with Gasteiger partial charge in [0, 0.05) is 12.5 Å². The third kappa shape index (κ3) is 3.54. The number of carboxylic acids is 1. The van der Waals surface area contributed by atoms with Crippen molar-refractivity contribution >= 4 is 25.6 Å². The fraction of sp³-hybridized carbons (Fsp3) is 0.364. The highest BCUT2D eigenvalue weighted by Crippen LogP contribution is 2.27. The number of rotatable bonds is 4. The van der Waals surface area contributed by atoms with E-state index in [1.807, 2.05) is 0 Å². The van der Waals surface area contributed by atoms with Crippen LogP contribution in [0.15, 0.2) is 28.0 Å². The first-order chi connectivity index (χ1) is 8.44. The molecule has 0 bridgehead atoms. The van der Waals surface area contributed by atoms with Crippen LogP contribution in [0.5, 0.6) is 0 Å². The van der Waals surface area contributed by atoms with Crippen molar-refractivity contribution in [1.29, 1.82) is 0 Å². The Balaban J connectivity index is 3.65. The van der Waals surface area contributed by atoms with Gasteiger partial charge >= 0.3 is 5.97 Å². The van der Waals surface area contributed by atoms with Crippen LogP contribution in [0.25, 0.3) is 0 Å². The summed E-state index contributed by atoms with van der Waals surface area (Å²) in [6.07, 6.45) is 1.86. The van der Waals surface area contributed by atoms with E-state index in [2.05, 4.69) is 0 Å². The van der Waals surface area contributed by atoms with Gasteiger partial charge in [0.25, 0.3) is 0 Å². The first-order valence-corrected chi connectivity index (χ1v) is 8.99. The zero-order valence-corrected chi connectivity index (χ0v) is 12.2. The summed E-state index contributed by atoms with van der Waals surface area (Å²) in [6.45, 7) is 1.34. The lowest BCUT2D eigenvalue weighted by atomic mass is 10.0. The van der Waals surface area contributed by atoms with Crippen LogP contribution in [0.4, 0.5) is 0 Å². The predicted octanol–water partition coefficient (Wildman–Crippen LogP) is 0.682. The molecule has 106 valence electrons. The molecule has 0 saturated carbocycles. The van der Waals surface area contributed by atoms with Gasteiger partial charge < -0.3 is 5.11 Å². The van der Waals surface area contributed by atoms with Gasteiger partial charge in [-0.2, -0.15) is 0 Å². The van der Waals surface area contributed by atoms with Crippen molar-refractivity contribution in [3.63, 3.8) is 0 Å². The highest BCUT2D eigenvalue weighted by molar-refractivity contribution is 7.91. The second-order valence-electron chi connectivity index (χ2n) is 4.30. The Morgan fingerprint density at radius 2 is 1.63 bits per heavy atom. The number of benzene rings is 1. The molecule has 0 spiro atoms. The Morgan fingerprint density at radius 1 is 1.11 bits per heavy atom. The summed E-state index contributed by atoms with van der Waals surface area (Å²) in [6, 6.07) is 3.43. The maximum atomic E-state index is 11.7. The number of sulfone groups is 2. The van der Waals surface area contributed by atoms with Gasteiger partial charge in [-0.15, -0.1) is 0 Å². The predicted molar refractivity (Wildman–Crippen MR) is 68.7 cm³/mol. The smallest absolute Gasteiger partial charge is 0.310 e. The lowest BCUT2D eigenvalue weighted by molar-refractivity contribution is -0.138. The summed E-state index contributed by atoms with van der Waals surface area (Å²) in [5, 5.41) is 8.94. The number of carbonyl (C=O) groups is 1.